The van der Waals surface area contributed by atoms with E-state index in [0.717, 1.165) is 16.3 Å². The van der Waals surface area contributed by atoms with Crippen molar-refractivity contribution in [3.05, 3.63) is 53.1 Å². The average Bonchev–Trinajstić information content (AvgIpc) is 2.27. The fourth-order valence-electron chi connectivity index (χ4n) is 1.38. The number of rotatable bonds is 2. The van der Waals surface area contributed by atoms with Crippen LogP contribution in [0.1, 0.15) is 5.56 Å². The predicted molar refractivity (Wildman–Crippen MR) is 67.1 cm³/mol. The van der Waals surface area contributed by atoms with Crippen LogP contribution in [0.15, 0.2) is 42.5 Å². The Labute approximate surface area is 99.6 Å². The highest BCUT2D eigenvalue weighted by molar-refractivity contribution is 6.31. The fraction of sp³-hybridized carbons (Fsp3) is 0.0769. The Morgan fingerprint density at radius 2 is 1.88 bits per heavy atom. The molecule has 0 aliphatic rings. The Kier molecular flexibility index (Phi) is 3.02. The topological polar surface area (TPSA) is 35.2 Å². The lowest BCUT2D eigenvalue weighted by Crippen LogP contribution is -1.91. The van der Waals surface area contributed by atoms with Crippen LogP contribution in [0.4, 0.5) is 5.69 Å². The van der Waals surface area contributed by atoms with Crippen LogP contribution in [0.25, 0.3) is 0 Å². The Hall–Kier alpha value is -1.67. The smallest absolute Gasteiger partial charge is 0.150 e. The quantitative estimate of drug-likeness (QED) is 0.795. The zero-order valence-electron chi connectivity index (χ0n) is 8.91. The van der Waals surface area contributed by atoms with E-state index in [1.165, 1.54) is 0 Å². The van der Waals surface area contributed by atoms with E-state index in [1.807, 2.05) is 43.3 Å². The van der Waals surface area contributed by atoms with Crippen molar-refractivity contribution in [1.82, 2.24) is 0 Å². The van der Waals surface area contributed by atoms with Crippen LogP contribution in [-0.4, -0.2) is 0 Å². The Bertz CT molecular complexity index is 511. The molecule has 0 spiro atoms. The number of para-hydroxylation sites is 2. The molecular formula is C13H12ClNO. The second-order valence-electron chi connectivity index (χ2n) is 3.55. The number of nitrogens with two attached hydrogens (primary N) is 1. The maximum Gasteiger partial charge on any atom is 0.150 e. The van der Waals surface area contributed by atoms with E-state index in [4.69, 9.17) is 22.1 Å². The van der Waals surface area contributed by atoms with E-state index >= 15 is 0 Å². The number of hydrogen-bond donors (Lipinski definition) is 1. The standard InChI is InChI=1S/C13H12ClNO/c1-9-8-10(6-7-11(9)14)16-13-5-3-2-4-12(13)15/h2-8H,15H2,1H3. The fourth-order valence-corrected chi connectivity index (χ4v) is 1.50. The predicted octanol–water partition coefficient (Wildman–Crippen LogP) is 4.02. The molecule has 2 nitrogen and oxygen atoms in total. The van der Waals surface area contributed by atoms with Gasteiger partial charge in [-0.1, -0.05) is 23.7 Å². The molecule has 2 aromatic carbocycles. The minimum absolute atomic E-state index is 0.620. The van der Waals surface area contributed by atoms with Gasteiger partial charge < -0.3 is 10.5 Å². The maximum absolute atomic E-state index is 5.93. The lowest BCUT2D eigenvalue weighted by atomic mass is 10.2. The zero-order valence-corrected chi connectivity index (χ0v) is 9.66. The Balaban J connectivity index is 2.28. The van der Waals surface area contributed by atoms with Gasteiger partial charge in [0, 0.05) is 5.02 Å². The molecule has 0 aliphatic carbocycles. The van der Waals surface area contributed by atoms with Crippen molar-refractivity contribution >= 4 is 17.3 Å². The van der Waals surface area contributed by atoms with Gasteiger partial charge in [0.25, 0.3) is 0 Å². The third-order valence-electron chi connectivity index (χ3n) is 2.28. The van der Waals surface area contributed by atoms with Gasteiger partial charge in [-0.15, -0.1) is 0 Å². The normalized spacial score (nSPS) is 10.1. The molecule has 3 heteroatoms. The highest BCUT2D eigenvalue weighted by atomic mass is 35.5. The van der Waals surface area contributed by atoms with Crippen LogP contribution in [0.5, 0.6) is 11.5 Å². The van der Waals surface area contributed by atoms with Crippen molar-refractivity contribution in [1.29, 1.82) is 0 Å². The third-order valence-corrected chi connectivity index (χ3v) is 2.70. The summed E-state index contributed by atoms with van der Waals surface area (Å²) in [6, 6.07) is 12.9. The second kappa shape index (κ2) is 4.45. The van der Waals surface area contributed by atoms with Gasteiger partial charge in [0.05, 0.1) is 5.69 Å². The number of halogens is 1. The molecule has 82 valence electrons. The molecule has 2 N–H and O–H groups in total. The molecule has 0 saturated carbocycles. The summed E-state index contributed by atoms with van der Waals surface area (Å²) in [6.45, 7) is 1.93. The van der Waals surface area contributed by atoms with Gasteiger partial charge in [-0.25, -0.2) is 0 Å². The van der Waals surface area contributed by atoms with Crippen molar-refractivity contribution in [2.24, 2.45) is 0 Å². The summed E-state index contributed by atoms with van der Waals surface area (Å²) >= 11 is 5.93. The summed E-state index contributed by atoms with van der Waals surface area (Å²) in [5.41, 5.74) is 7.39. The lowest BCUT2D eigenvalue weighted by molar-refractivity contribution is 0.484. The van der Waals surface area contributed by atoms with E-state index in [9.17, 15) is 0 Å². The number of aryl methyl sites for hydroxylation is 1. The first-order valence-corrected chi connectivity index (χ1v) is 5.33. The van der Waals surface area contributed by atoms with Crippen LogP contribution in [0, 0.1) is 6.92 Å². The number of nitrogen functional groups attached to an aromatic ring is 1. The molecule has 16 heavy (non-hydrogen) atoms. The molecule has 0 atom stereocenters. The molecule has 0 radical (unpaired) electrons. The molecule has 0 aromatic heterocycles. The summed E-state index contributed by atoms with van der Waals surface area (Å²) in [7, 11) is 0. The summed E-state index contributed by atoms with van der Waals surface area (Å²) in [6.07, 6.45) is 0. The first kappa shape index (κ1) is 10.8. The van der Waals surface area contributed by atoms with E-state index in [0.29, 0.717) is 11.4 Å². The van der Waals surface area contributed by atoms with Crippen LogP contribution < -0.4 is 10.5 Å². The zero-order chi connectivity index (χ0) is 11.5. The number of hydrogen-bond acceptors (Lipinski definition) is 2. The molecule has 0 unspecified atom stereocenters. The lowest BCUT2D eigenvalue weighted by Gasteiger charge is -2.09. The molecule has 0 saturated heterocycles. The summed E-state index contributed by atoms with van der Waals surface area (Å²) < 4.78 is 5.66. The van der Waals surface area contributed by atoms with Gasteiger partial charge in [-0.2, -0.15) is 0 Å². The van der Waals surface area contributed by atoms with Crippen LogP contribution in [-0.2, 0) is 0 Å². The monoisotopic (exact) mass is 233 g/mol. The number of anilines is 1. The molecule has 0 heterocycles. The van der Waals surface area contributed by atoms with Crippen molar-refractivity contribution < 1.29 is 4.74 Å². The number of benzene rings is 2. The highest BCUT2D eigenvalue weighted by Gasteiger charge is 2.02. The van der Waals surface area contributed by atoms with Crippen LogP contribution in [0.2, 0.25) is 5.02 Å². The van der Waals surface area contributed by atoms with Gasteiger partial charge in [-0.05, 0) is 42.8 Å². The van der Waals surface area contributed by atoms with Crippen LogP contribution in [0.3, 0.4) is 0 Å². The first-order chi connectivity index (χ1) is 7.66. The molecule has 2 aromatic rings. The summed E-state index contributed by atoms with van der Waals surface area (Å²) in [5, 5.41) is 0.730. The molecule has 0 fully saturated rings. The summed E-state index contributed by atoms with van der Waals surface area (Å²) in [4.78, 5) is 0. The largest absolute Gasteiger partial charge is 0.455 e. The Morgan fingerprint density at radius 1 is 1.12 bits per heavy atom. The average molecular weight is 234 g/mol. The van der Waals surface area contributed by atoms with Gasteiger partial charge in [0.1, 0.15) is 11.5 Å². The maximum atomic E-state index is 5.93. The van der Waals surface area contributed by atoms with E-state index in [1.54, 1.807) is 6.07 Å². The van der Waals surface area contributed by atoms with Gasteiger partial charge in [-0.3, -0.25) is 0 Å². The van der Waals surface area contributed by atoms with Crippen molar-refractivity contribution in [2.75, 3.05) is 5.73 Å². The van der Waals surface area contributed by atoms with Crippen molar-refractivity contribution in [3.8, 4) is 11.5 Å². The molecule has 0 amide bonds. The minimum atomic E-state index is 0.620. The highest BCUT2D eigenvalue weighted by Crippen LogP contribution is 2.29. The van der Waals surface area contributed by atoms with Gasteiger partial charge in [0.2, 0.25) is 0 Å². The third kappa shape index (κ3) is 2.28. The Morgan fingerprint density at radius 3 is 2.56 bits per heavy atom. The summed E-state index contributed by atoms with van der Waals surface area (Å²) in [5.74, 6) is 1.39. The molecule has 0 aliphatic heterocycles. The van der Waals surface area contributed by atoms with Crippen LogP contribution >= 0.6 is 11.6 Å². The van der Waals surface area contributed by atoms with Gasteiger partial charge >= 0.3 is 0 Å². The van der Waals surface area contributed by atoms with E-state index in [-0.39, 0.29) is 0 Å². The molecule has 0 bridgehead atoms. The minimum Gasteiger partial charge on any atom is -0.455 e. The van der Waals surface area contributed by atoms with Gasteiger partial charge in [0.15, 0.2) is 0 Å². The van der Waals surface area contributed by atoms with E-state index in [2.05, 4.69) is 0 Å². The number of ether oxygens (including phenoxy) is 1. The van der Waals surface area contributed by atoms with Crippen molar-refractivity contribution in [2.45, 2.75) is 6.92 Å². The molecule has 2 rings (SSSR count). The second-order valence-corrected chi connectivity index (χ2v) is 3.96. The van der Waals surface area contributed by atoms with Crippen molar-refractivity contribution in [3.63, 3.8) is 0 Å². The molecular weight excluding hydrogens is 222 g/mol. The first-order valence-electron chi connectivity index (χ1n) is 4.95. The van der Waals surface area contributed by atoms with E-state index < -0.39 is 0 Å². The SMILES string of the molecule is Cc1cc(Oc2ccccc2N)ccc1Cl.